The van der Waals surface area contributed by atoms with Gasteiger partial charge in [0.15, 0.2) is 0 Å². The van der Waals surface area contributed by atoms with E-state index < -0.39 is 12.2 Å². The summed E-state index contributed by atoms with van der Waals surface area (Å²) in [6, 6.07) is 7.22. The number of rotatable bonds is 5. The summed E-state index contributed by atoms with van der Waals surface area (Å²) in [4.78, 5) is 0. The zero-order chi connectivity index (χ0) is 11.3. The van der Waals surface area contributed by atoms with Crippen LogP contribution in [0.15, 0.2) is 24.3 Å². The fourth-order valence-electron chi connectivity index (χ4n) is 1.32. The first-order valence-corrected chi connectivity index (χ1v) is 5.93. The average Bonchev–Trinajstić information content (AvgIpc) is 2.28. The Balaban J connectivity index is 2.70. The van der Waals surface area contributed by atoms with Gasteiger partial charge in [-0.1, -0.05) is 40.2 Å². The van der Waals surface area contributed by atoms with Crippen molar-refractivity contribution < 1.29 is 15.3 Å². The molecule has 0 saturated heterocycles. The zero-order valence-corrected chi connectivity index (χ0v) is 9.89. The molecule has 2 atom stereocenters. The van der Waals surface area contributed by atoms with Gasteiger partial charge in [-0.05, 0) is 17.5 Å². The van der Waals surface area contributed by atoms with E-state index in [1.54, 1.807) is 12.1 Å². The molecule has 0 aliphatic rings. The second-order valence-electron chi connectivity index (χ2n) is 3.38. The summed E-state index contributed by atoms with van der Waals surface area (Å²) in [6.45, 7) is 0.117. The lowest BCUT2D eigenvalue weighted by molar-refractivity contribution is 0.0342. The van der Waals surface area contributed by atoms with E-state index in [1.165, 1.54) is 0 Å². The first kappa shape index (κ1) is 12.6. The van der Waals surface area contributed by atoms with Gasteiger partial charge in [-0.15, -0.1) is 0 Å². The molecule has 0 aliphatic heterocycles. The summed E-state index contributed by atoms with van der Waals surface area (Å²) < 4.78 is 0. The molecule has 84 valence electrons. The second-order valence-corrected chi connectivity index (χ2v) is 4.03. The minimum Gasteiger partial charge on any atom is -0.396 e. The van der Waals surface area contributed by atoms with Crippen LogP contribution < -0.4 is 0 Å². The molecule has 4 heteroatoms. The number of hydrogen-bond acceptors (Lipinski definition) is 3. The Morgan fingerprint density at radius 2 is 1.73 bits per heavy atom. The fourth-order valence-corrected chi connectivity index (χ4v) is 1.67. The van der Waals surface area contributed by atoms with E-state index in [1.807, 2.05) is 12.1 Å². The Kier molecular flexibility index (Phi) is 5.25. The van der Waals surface area contributed by atoms with Crippen LogP contribution in [0.5, 0.6) is 0 Å². The van der Waals surface area contributed by atoms with Gasteiger partial charge >= 0.3 is 0 Å². The van der Waals surface area contributed by atoms with Crippen molar-refractivity contribution in [1.29, 1.82) is 0 Å². The molecule has 1 rings (SSSR count). The number of aliphatic hydroxyl groups is 3. The summed E-state index contributed by atoms with van der Waals surface area (Å²) >= 11 is 3.11. The molecule has 0 aromatic heterocycles. The molecule has 0 saturated carbocycles. The van der Waals surface area contributed by atoms with Crippen LogP contribution in [0.25, 0.3) is 0 Å². The minimum atomic E-state index is -0.868. The highest BCUT2D eigenvalue weighted by Crippen LogP contribution is 2.18. The molecule has 3 N–H and O–H groups in total. The van der Waals surface area contributed by atoms with Gasteiger partial charge in [-0.25, -0.2) is 0 Å². The zero-order valence-electron chi connectivity index (χ0n) is 8.31. The number of halogens is 1. The van der Waals surface area contributed by atoms with Gasteiger partial charge in [0.2, 0.25) is 0 Å². The normalized spacial score (nSPS) is 14.9. The van der Waals surface area contributed by atoms with E-state index in [0.717, 1.165) is 5.56 Å². The Morgan fingerprint density at radius 1 is 1.13 bits per heavy atom. The van der Waals surface area contributed by atoms with Crippen molar-refractivity contribution in [2.75, 3.05) is 11.9 Å². The largest absolute Gasteiger partial charge is 0.396 e. The second kappa shape index (κ2) is 6.23. The Hall–Kier alpha value is -0.420. The molecule has 0 fully saturated rings. The van der Waals surface area contributed by atoms with Crippen LogP contribution in [0.1, 0.15) is 17.2 Å². The number of benzene rings is 1. The van der Waals surface area contributed by atoms with Crippen LogP contribution >= 0.6 is 15.9 Å². The SMILES string of the molecule is OCCc1ccc(C(O)C(O)CBr)cc1. The third-order valence-corrected chi connectivity index (χ3v) is 2.91. The lowest BCUT2D eigenvalue weighted by Crippen LogP contribution is -2.19. The van der Waals surface area contributed by atoms with Crippen molar-refractivity contribution in [3.63, 3.8) is 0 Å². The van der Waals surface area contributed by atoms with Gasteiger partial charge < -0.3 is 15.3 Å². The van der Waals surface area contributed by atoms with E-state index in [0.29, 0.717) is 17.3 Å². The van der Waals surface area contributed by atoms with Crippen molar-refractivity contribution in [3.8, 4) is 0 Å². The van der Waals surface area contributed by atoms with Crippen molar-refractivity contribution >= 4 is 15.9 Å². The summed E-state index contributed by atoms with van der Waals surface area (Å²) in [5.41, 5.74) is 1.70. The highest BCUT2D eigenvalue weighted by atomic mass is 79.9. The first-order chi connectivity index (χ1) is 7.19. The molecule has 0 bridgehead atoms. The Bertz CT molecular complexity index is 286. The van der Waals surface area contributed by atoms with E-state index in [9.17, 15) is 10.2 Å². The highest BCUT2D eigenvalue weighted by Gasteiger charge is 2.16. The van der Waals surface area contributed by atoms with Gasteiger partial charge in [0, 0.05) is 11.9 Å². The third kappa shape index (κ3) is 3.57. The molecule has 0 heterocycles. The third-order valence-electron chi connectivity index (χ3n) is 2.24. The van der Waals surface area contributed by atoms with Gasteiger partial charge in [-0.3, -0.25) is 0 Å². The van der Waals surface area contributed by atoms with Crippen molar-refractivity contribution in [1.82, 2.24) is 0 Å². The topological polar surface area (TPSA) is 60.7 Å². The van der Waals surface area contributed by atoms with Crippen LogP contribution in [-0.2, 0) is 6.42 Å². The standard InChI is InChI=1S/C11H15BrO3/c12-7-10(14)11(15)9-3-1-8(2-4-9)5-6-13/h1-4,10-11,13-15H,5-7H2. The maximum atomic E-state index is 9.68. The Morgan fingerprint density at radius 3 is 2.20 bits per heavy atom. The lowest BCUT2D eigenvalue weighted by atomic mass is 10.0. The summed E-state index contributed by atoms with van der Waals surface area (Å²) in [5.74, 6) is 0. The molecular weight excluding hydrogens is 260 g/mol. The molecule has 1 aromatic carbocycles. The van der Waals surface area contributed by atoms with E-state index in [2.05, 4.69) is 15.9 Å². The Labute approximate surface area is 97.5 Å². The smallest absolute Gasteiger partial charge is 0.106 e. The average molecular weight is 275 g/mol. The molecule has 0 amide bonds. The van der Waals surface area contributed by atoms with E-state index in [-0.39, 0.29) is 6.61 Å². The van der Waals surface area contributed by atoms with Crippen molar-refractivity contribution in [2.24, 2.45) is 0 Å². The van der Waals surface area contributed by atoms with E-state index in [4.69, 9.17) is 5.11 Å². The molecule has 0 aliphatic carbocycles. The van der Waals surface area contributed by atoms with Crippen LogP contribution in [0.4, 0.5) is 0 Å². The lowest BCUT2D eigenvalue weighted by Gasteiger charge is -2.16. The van der Waals surface area contributed by atoms with E-state index >= 15 is 0 Å². The van der Waals surface area contributed by atoms with Crippen LogP contribution in [0.2, 0.25) is 0 Å². The maximum absolute atomic E-state index is 9.68. The summed E-state index contributed by atoms with van der Waals surface area (Å²) in [5, 5.41) is 28.2. The summed E-state index contributed by atoms with van der Waals surface area (Å²) in [6.07, 6.45) is -1.06. The summed E-state index contributed by atoms with van der Waals surface area (Å²) in [7, 11) is 0. The van der Waals surface area contributed by atoms with Crippen molar-refractivity contribution in [2.45, 2.75) is 18.6 Å². The van der Waals surface area contributed by atoms with Gasteiger partial charge in [0.25, 0.3) is 0 Å². The molecular formula is C11H15BrO3. The maximum Gasteiger partial charge on any atom is 0.106 e. The quantitative estimate of drug-likeness (QED) is 0.703. The fraction of sp³-hybridized carbons (Fsp3) is 0.455. The monoisotopic (exact) mass is 274 g/mol. The molecule has 2 unspecified atom stereocenters. The van der Waals surface area contributed by atoms with Gasteiger partial charge in [-0.2, -0.15) is 0 Å². The molecule has 3 nitrogen and oxygen atoms in total. The van der Waals surface area contributed by atoms with Crippen LogP contribution in [0, 0.1) is 0 Å². The molecule has 15 heavy (non-hydrogen) atoms. The van der Waals surface area contributed by atoms with Crippen LogP contribution in [0.3, 0.4) is 0 Å². The first-order valence-electron chi connectivity index (χ1n) is 4.81. The highest BCUT2D eigenvalue weighted by molar-refractivity contribution is 9.09. The number of hydrogen-bond donors (Lipinski definition) is 3. The molecule has 0 spiro atoms. The number of alkyl halides is 1. The minimum absolute atomic E-state index is 0.117. The van der Waals surface area contributed by atoms with Crippen molar-refractivity contribution in [3.05, 3.63) is 35.4 Å². The predicted octanol–water partition coefficient (Wildman–Crippen LogP) is 1.01. The molecule has 0 radical (unpaired) electrons. The number of aliphatic hydroxyl groups excluding tert-OH is 3. The predicted molar refractivity (Wildman–Crippen MR) is 62.0 cm³/mol. The van der Waals surface area contributed by atoms with Gasteiger partial charge in [0.05, 0.1) is 6.10 Å². The van der Waals surface area contributed by atoms with Gasteiger partial charge in [0.1, 0.15) is 6.10 Å². The molecule has 1 aromatic rings. The van der Waals surface area contributed by atoms with Crippen LogP contribution in [-0.4, -0.2) is 33.4 Å².